The lowest BCUT2D eigenvalue weighted by Gasteiger charge is -2.34. The molecule has 0 aliphatic rings. The highest BCUT2D eigenvalue weighted by atomic mass is 32.1. The van der Waals surface area contributed by atoms with E-state index in [0.717, 1.165) is 12.8 Å². The molecule has 0 saturated carbocycles. The first-order chi connectivity index (χ1) is 15.6. The van der Waals surface area contributed by atoms with Gasteiger partial charge in [-0.15, -0.1) is 6.42 Å². The van der Waals surface area contributed by atoms with Gasteiger partial charge in [0.15, 0.2) is 0 Å². The minimum absolute atomic E-state index is 0.0541. The van der Waals surface area contributed by atoms with Gasteiger partial charge in [-0.25, -0.2) is 4.79 Å². The highest BCUT2D eigenvalue weighted by molar-refractivity contribution is 7.80. The van der Waals surface area contributed by atoms with E-state index in [1.807, 2.05) is 13.8 Å². The molecule has 0 spiro atoms. The lowest BCUT2D eigenvalue weighted by molar-refractivity contribution is -0.142. The average Bonchev–Trinajstić information content (AvgIpc) is 2.76. The lowest BCUT2D eigenvalue weighted by atomic mass is 10.0. The van der Waals surface area contributed by atoms with Crippen molar-refractivity contribution in [3.05, 3.63) is 35.4 Å². The molecule has 0 saturated heterocycles. The highest BCUT2D eigenvalue weighted by Crippen LogP contribution is 2.24. The van der Waals surface area contributed by atoms with Gasteiger partial charge in [-0.1, -0.05) is 38.3 Å². The van der Waals surface area contributed by atoms with Crippen molar-refractivity contribution in [2.45, 2.75) is 71.6 Å². The normalized spacial score (nSPS) is 12.8. The van der Waals surface area contributed by atoms with Crippen LogP contribution in [-0.4, -0.2) is 53.3 Å². The van der Waals surface area contributed by atoms with Gasteiger partial charge in [-0.2, -0.15) is 12.6 Å². The number of nitrogens with zero attached hydrogens (tertiary/aromatic N) is 1. The second kappa shape index (κ2) is 13.8. The molecule has 0 aliphatic carbocycles. The number of carbonyl (C=O) groups is 3. The quantitative estimate of drug-likeness (QED) is 0.259. The van der Waals surface area contributed by atoms with Gasteiger partial charge in [0, 0.05) is 24.4 Å². The molecule has 0 aliphatic heterocycles. The van der Waals surface area contributed by atoms with E-state index in [1.165, 1.54) is 4.90 Å². The van der Waals surface area contributed by atoms with Gasteiger partial charge in [0.25, 0.3) is 0 Å². The first-order valence-electron chi connectivity index (χ1n) is 11.3. The van der Waals surface area contributed by atoms with Crippen molar-refractivity contribution in [1.82, 2.24) is 15.5 Å². The van der Waals surface area contributed by atoms with Crippen LogP contribution in [0.25, 0.3) is 0 Å². The second-order valence-corrected chi connectivity index (χ2v) is 9.09. The third-order valence-corrected chi connectivity index (χ3v) is 5.07. The monoisotopic (exact) mass is 475 g/mol. The summed E-state index contributed by atoms with van der Waals surface area (Å²) in [6.07, 6.45) is 7.14. The molecule has 3 amide bonds. The number of nitrogens with one attached hydrogen (secondary N) is 2. The van der Waals surface area contributed by atoms with Crippen molar-refractivity contribution in [2.24, 2.45) is 0 Å². The van der Waals surface area contributed by atoms with Crippen molar-refractivity contribution in [3.8, 4) is 12.3 Å². The lowest BCUT2D eigenvalue weighted by Crippen LogP contribution is -2.54. The summed E-state index contributed by atoms with van der Waals surface area (Å²) in [6.45, 7) is 10.0. The van der Waals surface area contributed by atoms with E-state index >= 15 is 0 Å². The molecule has 0 bridgehead atoms. The summed E-state index contributed by atoms with van der Waals surface area (Å²) >= 11 is 4.27. The third kappa shape index (κ3) is 9.39. The fourth-order valence-corrected chi connectivity index (χ4v) is 3.41. The van der Waals surface area contributed by atoms with E-state index in [-0.39, 0.29) is 11.7 Å². The number of carbonyl (C=O) groups excluding carboxylic acids is 3. The minimum Gasteiger partial charge on any atom is -0.444 e. The predicted molar refractivity (Wildman–Crippen MR) is 134 cm³/mol. The van der Waals surface area contributed by atoms with Crippen molar-refractivity contribution >= 4 is 30.5 Å². The zero-order chi connectivity index (χ0) is 25.0. The van der Waals surface area contributed by atoms with E-state index in [0.29, 0.717) is 30.6 Å². The molecule has 1 aromatic carbocycles. The molecule has 0 fully saturated rings. The summed E-state index contributed by atoms with van der Waals surface area (Å²) in [5, 5.41) is 5.52. The number of benzene rings is 1. The average molecular weight is 476 g/mol. The largest absolute Gasteiger partial charge is 0.444 e. The van der Waals surface area contributed by atoms with Gasteiger partial charge in [-0.3, -0.25) is 9.59 Å². The molecule has 2 unspecified atom stereocenters. The van der Waals surface area contributed by atoms with Crippen LogP contribution in [-0.2, 0) is 14.3 Å². The highest BCUT2D eigenvalue weighted by Gasteiger charge is 2.35. The van der Waals surface area contributed by atoms with Crippen LogP contribution in [0.3, 0.4) is 0 Å². The summed E-state index contributed by atoms with van der Waals surface area (Å²) in [5.41, 5.74) is 0.606. The fraction of sp³-hybridized carbons (Fsp3) is 0.560. The number of rotatable bonds is 11. The molecular formula is C25H37N3O4S. The molecule has 33 heavy (non-hydrogen) atoms. The molecule has 2 N–H and O–H groups in total. The van der Waals surface area contributed by atoms with Gasteiger partial charge >= 0.3 is 6.09 Å². The Morgan fingerprint density at radius 3 is 2.27 bits per heavy atom. The van der Waals surface area contributed by atoms with Gasteiger partial charge in [0.05, 0.1) is 0 Å². The topological polar surface area (TPSA) is 87.7 Å². The molecule has 0 heterocycles. The number of amides is 3. The molecular weight excluding hydrogens is 438 g/mol. The number of alkyl carbamates (subject to hydrolysis) is 1. The summed E-state index contributed by atoms with van der Waals surface area (Å²) in [4.78, 5) is 40.6. The summed E-state index contributed by atoms with van der Waals surface area (Å²) < 4.78 is 5.29. The minimum atomic E-state index is -0.953. The zero-order valence-electron chi connectivity index (χ0n) is 20.3. The fourth-order valence-electron chi connectivity index (χ4n) is 3.16. The van der Waals surface area contributed by atoms with Crippen LogP contribution in [0.4, 0.5) is 4.79 Å². The summed E-state index contributed by atoms with van der Waals surface area (Å²) in [7, 11) is 0. The van der Waals surface area contributed by atoms with Crippen molar-refractivity contribution in [3.63, 3.8) is 0 Å². The summed E-state index contributed by atoms with van der Waals surface area (Å²) in [5.74, 6) is 1.92. The second-order valence-electron chi connectivity index (χ2n) is 8.73. The number of ether oxygens (including phenoxy) is 1. The number of terminal acetylenes is 1. The maximum atomic E-state index is 13.5. The van der Waals surface area contributed by atoms with Crippen LogP contribution < -0.4 is 10.6 Å². The Bertz CT molecular complexity index is 828. The molecule has 1 rings (SSSR count). The van der Waals surface area contributed by atoms with Crippen molar-refractivity contribution in [1.29, 1.82) is 0 Å². The van der Waals surface area contributed by atoms with Gasteiger partial charge in [0.2, 0.25) is 11.8 Å². The van der Waals surface area contributed by atoms with Crippen molar-refractivity contribution < 1.29 is 19.1 Å². The SMILES string of the molecule is C#Cc1ccc(C(C(=O)NCCCC)N(CCC)C(=O)C(CS)NC(=O)OC(C)(C)C)cc1. The molecule has 7 nitrogen and oxygen atoms in total. The molecule has 0 radical (unpaired) electrons. The Balaban J connectivity index is 3.28. The number of hydrogen-bond acceptors (Lipinski definition) is 5. The van der Waals surface area contributed by atoms with E-state index in [2.05, 4.69) is 29.2 Å². The van der Waals surface area contributed by atoms with E-state index in [1.54, 1.807) is 45.0 Å². The Hall–Kier alpha value is -2.66. The number of hydrogen-bond donors (Lipinski definition) is 3. The van der Waals surface area contributed by atoms with Crippen LogP contribution in [0.1, 0.15) is 71.0 Å². The first-order valence-corrected chi connectivity index (χ1v) is 12.0. The maximum Gasteiger partial charge on any atom is 0.408 e. The maximum absolute atomic E-state index is 13.5. The number of unbranched alkanes of at least 4 members (excludes halogenated alkanes) is 1. The number of thiol groups is 1. The predicted octanol–water partition coefficient (Wildman–Crippen LogP) is 3.69. The van der Waals surface area contributed by atoms with Crippen LogP contribution in [0.15, 0.2) is 24.3 Å². The smallest absolute Gasteiger partial charge is 0.408 e. The molecule has 2 atom stereocenters. The van der Waals surface area contributed by atoms with E-state index in [4.69, 9.17) is 11.2 Å². The molecule has 182 valence electrons. The van der Waals surface area contributed by atoms with Crippen LogP contribution >= 0.6 is 12.6 Å². The molecule has 1 aromatic rings. The Morgan fingerprint density at radius 1 is 1.15 bits per heavy atom. The summed E-state index contributed by atoms with van der Waals surface area (Å²) in [6, 6.07) is 5.17. The Morgan fingerprint density at radius 2 is 1.79 bits per heavy atom. The van der Waals surface area contributed by atoms with Crippen molar-refractivity contribution in [2.75, 3.05) is 18.8 Å². The van der Waals surface area contributed by atoms with Gasteiger partial charge in [0.1, 0.15) is 17.7 Å². The Kier molecular flexibility index (Phi) is 11.9. The van der Waals surface area contributed by atoms with Gasteiger partial charge < -0.3 is 20.3 Å². The molecule has 8 heteroatoms. The van der Waals surface area contributed by atoms with Gasteiger partial charge in [-0.05, 0) is 51.3 Å². The van der Waals surface area contributed by atoms with E-state index < -0.39 is 29.7 Å². The van der Waals surface area contributed by atoms with E-state index in [9.17, 15) is 14.4 Å². The standard InChI is InChI=1S/C25H37N3O4S/c1-7-10-15-26-22(29)21(19-13-11-18(9-3)12-14-19)28(16-8-2)23(30)20(17-33)27-24(31)32-25(4,5)6/h3,11-14,20-21,33H,7-8,10,15-17H2,1-2,4-6H3,(H,26,29)(H,27,31). The van der Waals surface area contributed by atoms with Crippen LogP contribution in [0, 0.1) is 12.3 Å². The third-order valence-electron chi connectivity index (χ3n) is 4.70. The van der Waals surface area contributed by atoms with Crippen LogP contribution in [0.2, 0.25) is 0 Å². The zero-order valence-corrected chi connectivity index (χ0v) is 21.2. The molecule has 0 aromatic heterocycles. The Labute approximate surface area is 203 Å². The first kappa shape index (κ1) is 28.4. The van der Waals surface area contributed by atoms with Crippen LogP contribution in [0.5, 0.6) is 0 Å².